The SMILES string of the molecule is CCN1C(=O)COc2cc(N3C[C@H](CO)OC3=O)ccc21. The van der Waals surface area contributed by atoms with Crippen LogP contribution in [-0.4, -0.2) is 49.5 Å². The van der Waals surface area contributed by atoms with E-state index in [1.807, 2.05) is 6.92 Å². The fraction of sp³-hybridized carbons (Fsp3) is 0.429. The summed E-state index contributed by atoms with van der Waals surface area (Å²) >= 11 is 0. The van der Waals surface area contributed by atoms with Crippen LogP contribution in [0.2, 0.25) is 0 Å². The minimum Gasteiger partial charge on any atom is -0.481 e. The van der Waals surface area contributed by atoms with E-state index in [1.165, 1.54) is 4.90 Å². The van der Waals surface area contributed by atoms with E-state index in [1.54, 1.807) is 23.1 Å². The van der Waals surface area contributed by atoms with Crippen molar-refractivity contribution in [3.8, 4) is 5.75 Å². The van der Waals surface area contributed by atoms with E-state index in [2.05, 4.69) is 0 Å². The van der Waals surface area contributed by atoms with Crippen molar-refractivity contribution < 1.29 is 24.2 Å². The van der Waals surface area contributed by atoms with Crippen molar-refractivity contribution in [2.75, 3.05) is 36.1 Å². The Morgan fingerprint density at radius 2 is 2.19 bits per heavy atom. The van der Waals surface area contributed by atoms with Gasteiger partial charge in [-0.2, -0.15) is 0 Å². The molecule has 1 saturated heterocycles. The van der Waals surface area contributed by atoms with Crippen LogP contribution in [0.4, 0.5) is 16.2 Å². The van der Waals surface area contributed by atoms with Crippen LogP contribution in [0, 0.1) is 0 Å². The number of ether oxygens (including phenoxy) is 2. The van der Waals surface area contributed by atoms with Crippen LogP contribution in [0.1, 0.15) is 6.92 Å². The first-order valence-electron chi connectivity index (χ1n) is 6.80. The monoisotopic (exact) mass is 292 g/mol. The fourth-order valence-electron chi connectivity index (χ4n) is 2.54. The van der Waals surface area contributed by atoms with Crippen molar-refractivity contribution in [2.24, 2.45) is 0 Å². The normalized spacial score (nSPS) is 21.1. The summed E-state index contributed by atoms with van der Waals surface area (Å²) in [6.45, 7) is 2.54. The number of anilines is 2. The molecule has 0 aromatic heterocycles. The average Bonchev–Trinajstić information content (AvgIpc) is 2.88. The number of carbonyl (C=O) groups is 2. The molecule has 0 aliphatic carbocycles. The van der Waals surface area contributed by atoms with Crippen LogP contribution in [0.25, 0.3) is 0 Å². The molecule has 7 heteroatoms. The van der Waals surface area contributed by atoms with E-state index in [4.69, 9.17) is 14.6 Å². The Labute approximate surface area is 121 Å². The molecule has 0 bridgehead atoms. The number of rotatable bonds is 3. The molecule has 2 aliphatic heterocycles. The number of nitrogens with zero attached hydrogens (tertiary/aromatic N) is 2. The summed E-state index contributed by atoms with van der Waals surface area (Å²) in [6.07, 6.45) is -1.00. The highest BCUT2D eigenvalue weighted by Gasteiger charge is 2.33. The molecule has 1 N–H and O–H groups in total. The molecule has 1 aromatic carbocycles. The van der Waals surface area contributed by atoms with E-state index in [-0.39, 0.29) is 19.1 Å². The molecule has 21 heavy (non-hydrogen) atoms. The molecule has 2 aliphatic rings. The van der Waals surface area contributed by atoms with E-state index in [9.17, 15) is 9.59 Å². The van der Waals surface area contributed by atoms with Gasteiger partial charge >= 0.3 is 6.09 Å². The maximum Gasteiger partial charge on any atom is 0.414 e. The largest absolute Gasteiger partial charge is 0.481 e. The lowest BCUT2D eigenvalue weighted by Crippen LogP contribution is -2.38. The highest BCUT2D eigenvalue weighted by atomic mass is 16.6. The lowest BCUT2D eigenvalue weighted by molar-refractivity contribution is -0.121. The molecule has 0 unspecified atom stereocenters. The second kappa shape index (κ2) is 5.25. The number of benzene rings is 1. The van der Waals surface area contributed by atoms with Gasteiger partial charge < -0.3 is 19.5 Å². The van der Waals surface area contributed by atoms with Gasteiger partial charge in [-0.15, -0.1) is 0 Å². The summed E-state index contributed by atoms with van der Waals surface area (Å²) < 4.78 is 10.4. The number of carbonyl (C=O) groups excluding carboxylic acids is 2. The molecule has 3 rings (SSSR count). The summed E-state index contributed by atoms with van der Waals surface area (Å²) in [6, 6.07) is 5.21. The molecule has 0 spiro atoms. The number of fused-ring (bicyclic) bond motifs is 1. The van der Waals surface area contributed by atoms with Crippen LogP contribution < -0.4 is 14.5 Å². The minimum atomic E-state index is -0.511. The van der Waals surface area contributed by atoms with Gasteiger partial charge in [0.1, 0.15) is 11.9 Å². The summed E-state index contributed by atoms with van der Waals surface area (Å²) in [7, 11) is 0. The summed E-state index contributed by atoms with van der Waals surface area (Å²) in [4.78, 5) is 26.6. The van der Waals surface area contributed by atoms with Crippen molar-refractivity contribution in [1.82, 2.24) is 0 Å². The minimum absolute atomic E-state index is 0.00595. The quantitative estimate of drug-likeness (QED) is 0.889. The zero-order chi connectivity index (χ0) is 15.0. The second-order valence-electron chi connectivity index (χ2n) is 4.88. The Kier molecular flexibility index (Phi) is 3.42. The smallest absolute Gasteiger partial charge is 0.414 e. The van der Waals surface area contributed by atoms with Crippen LogP contribution in [0.15, 0.2) is 18.2 Å². The summed E-state index contributed by atoms with van der Waals surface area (Å²) in [5.41, 5.74) is 1.32. The number of aliphatic hydroxyl groups excluding tert-OH is 1. The predicted molar refractivity (Wildman–Crippen MR) is 74.7 cm³/mol. The van der Waals surface area contributed by atoms with Crippen molar-refractivity contribution >= 4 is 23.4 Å². The third kappa shape index (κ3) is 2.29. The highest BCUT2D eigenvalue weighted by Crippen LogP contribution is 2.36. The summed E-state index contributed by atoms with van der Waals surface area (Å²) in [5.74, 6) is 0.480. The lowest BCUT2D eigenvalue weighted by atomic mass is 10.2. The van der Waals surface area contributed by atoms with Gasteiger partial charge in [0.05, 0.1) is 24.5 Å². The molecule has 1 aromatic rings. The molecule has 2 heterocycles. The van der Waals surface area contributed by atoms with Gasteiger partial charge in [0, 0.05) is 12.6 Å². The molecule has 7 nitrogen and oxygen atoms in total. The number of likely N-dealkylation sites (N-methyl/N-ethyl adjacent to an activating group) is 1. The molecule has 1 fully saturated rings. The fourth-order valence-corrected chi connectivity index (χ4v) is 2.54. The van der Waals surface area contributed by atoms with Gasteiger partial charge in [0.25, 0.3) is 5.91 Å². The topological polar surface area (TPSA) is 79.3 Å². The zero-order valence-corrected chi connectivity index (χ0v) is 11.6. The Bertz CT molecular complexity index is 589. The Morgan fingerprint density at radius 3 is 2.86 bits per heavy atom. The molecule has 1 atom stereocenters. The van der Waals surface area contributed by atoms with Gasteiger partial charge in [0.2, 0.25) is 0 Å². The molecule has 0 radical (unpaired) electrons. The predicted octanol–water partition coefficient (Wildman–Crippen LogP) is 0.749. The first-order valence-corrected chi connectivity index (χ1v) is 6.80. The van der Waals surface area contributed by atoms with Crippen molar-refractivity contribution in [1.29, 1.82) is 0 Å². The maximum absolute atomic E-state index is 11.8. The van der Waals surface area contributed by atoms with E-state index < -0.39 is 12.2 Å². The number of hydrogen-bond acceptors (Lipinski definition) is 5. The standard InChI is InChI=1S/C14H16N2O5/c1-2-15-11-4-3-9(5-12(11)20-8-13(15)18)16-6-10(7-17)21-14(16)19/h3-5,10,17H,2,6-8H2,1H3/t10-/m1/s1. The van der Waals surface area contributed by atoms with Crippen molar-refractivity contribution in [3.63, 3.8) is 0 Å². The van der Waals surface area contributed by atoms with E-state index in [0.717, 1.165) is 0 Å². The average molecular weight is 292 g/mol. The lowest BCUT2D eigenvalue weighted by Gasteiger charge is -2.29. The van der Waals surface area contributed by atoms with Crippen LogP contribution in [-0.2, 0) is 9.53 Å². The number of aliphatic hydroxyl groups is 1. The second-order valence-corrected chi connectivity index (χ2v) is 4.88. The Hall–Kier alpha value is -2.28. The first-order chi connectivity index (χ1) is 10.1. The molecular weight excluding hydrogens is 276 g/mol. The highest BCUT2D eigenvalue weighted by molar-refractivity contribution is 5.99. The maximum atomic E-state index is 11.8. The van der Waals surface area contributed by atoms with Crippen molar-refractivity contribution in [3.05, 3.63) is 18.2 Å². The molecular formula is C14H16N2O5. The van der Waals surface area contributed by atoms with Gasteiger partial charge in [-0.05, 0) is 19.1 Å². The van der Waals surface area contributed by atoms with Gasteiger partial charge in [-0.25, -0.2) is 4.79 Å². The third-order valence-corrected chi connectivity index (χ3v) is 3.59. The van der Waals surface area contributed by atoms with E-state index in [0.29, 0.717) is 30.2 Å². The molecule has 0 saturated carbocycles. The van der Waals surface area contributed by atoms with Crippen LogP contribution in [0.3, 0.4) is 0 Å². The molecule has 112 valence electrons. The van der Waals surface area contributed by atoms with Crippen molar-refractivity contribution in [2.45, 2.75) is 13.0 Å². The van der Waals surface area contributed by atoms with Gasteiger partial charge in [0.15, 0.2) is 6.61 Å². The Morgan fingerprint density at radius 1 is 1.38 bits per heavy atom. The van der Waals surface area contributed by atoms with Crippen LogP contribution >= 0.6 is 0 Å². The zero-order valence-electron chi connectivity index (χ0n) is 11.6. The number of hydrogen-bond donors (Lipinski definition) is 1. The van der Waals surface area contributed by atoms with E-state index >= 15 is 0 Å². The first kappa shape index (κ1) is 13.7. The van der Waals surface area contributed by atoms with Gasteiger partial charge in [-0.3, -0.25) is 9.69 Å². The number of amides is 2. The number of cyclic esters (lactones) is 1. The Balaban J connectivity index is 1.90. The van der Waals surface area contributed by atoms with Gasteiger partial charge in [-0.1, -0.05) is 0 Å². The third-order valence-electron chi connectivity index (χ3n) is 3.59. The summed E-state index contributed by atoms with van der Waals surface area (Å²) in [5, 5.41) is 9.06. The molecule has 2 amide bonds. The van der Waals surface area contributed by atoms with Crippen LogP contribution in [0.5, 0.6) is 5.75 Å².